The second kappa shape index (κ2) is 4.76. The zero-order valence-corrected chi connectivity index (χ0v) is 7.53. The molecule has 8 heteroatoms. The van der Waals surface area contributed by atoms with E-state index in [-0.39, 0.29) is 13.0 Å². The van der Waals surface area contributed by atoms with Gasteiger partial charge in [-0.05, 0) is 6.42 Å². The molecule has 1 rings (SSSR count). The molecule has 1 aromatic heterocycles. The van der Waals surface area contributed by atoms with Gasteiger partial charge in [0, 0.05) is 6.54 Å². The fourth-order valence-corrected chi connectivity index (χ4v) is 1.06. The highest BCUT2D eigenvalue weighted by molar-refractivity contribution is 5.86. The van der Waals surface area contributed by atoms with Gasteiger partial charge in [0.15, 0.2) is 5.69 Å². The average molecular weight is 223 g/mol. The van der Waals surface area contributed by atoms with Crippen LogP contribution in [-0.4, -0.2) is 32.7 Å². The van der Waals surface area contributed by atoms with Gasteiger partial charge in [0.2, 0.25) is 0 Å². The molecule has 0 saturated carbocycles. The highest BCUT2D eigenvalue weighted by atomic mass is 19.3. The van der Waals surface area contributed by atoms with Crippen LogP contribution in [0.3, 0.4) is 0 Å². The molecule has 5 nitrogen and oxygen atoms in total. The van der Waals surface area contributed by atoms with E-state index in [9.17, 15) is 18.0 Å². The molecule has 0 fully saturated rings. The molecular weight excluding hydrogens is 215 g/mol. The summed E-state index contributed by atoms with van der Waals surface area (Å²) in [5, 5.41) is 14.9. The molecule has 0 amide bonds. The maximum absolute atomic E-state index is 12.5. The third kappa shape index (κ3) is 2.45. The molecule has 84 valence electrons. The van der Waals surface area contributed by atoms with E-state index in [1.165, 1.54) is 0 Å². The van der Waals surface area contributed by atoms with Crippen LogP contribution in [0.5, 0.6) is 0 Å². The van der Waals surface area contributed by atoms with E-state index >= 15 is 0 Å². The topological polar surface area (TPSA) is 68.0 Å². The molecule has 0 aliphatic carbocycles. The Kier molecular flexibility index (Phi) is 3.64. The van der Waals surface area contributed by atoms with Crippen LogP contribution in [0.25, 0.3) is 0 Å². The number of aryl methyl sites for hydroxylation is 1. The normalized spacial score (nSPS) is 10.9. The molecule has 1 N–H and O–H groups in total. The number of carboxylic acid groups (broad SMARTS) is 1. The van der Waals surface area contributed by atoms with Crippen LogP contribution in [0, 0.1) is 0 Å². The molecule has 0 atom stereocenters. The van der Waals surface area contributed by atoms with Gasteiger partial charge in [-0.3, -0.25) is 4.39 Å². The van der Waals surface area contributed by atoms with E-state index < -0.39 is 30.5 Å². The number of carboxylic acids is 1. The van der Waals surface area contributed by atoms with Gasteiger partial charge in [-0.1, -0.05) is 5.21 Å². The Morgan fingerprint density at radius 2 is 2.20 bits per heavy atom. The standard InChI is InChI=1S/C7H8F3N3O2/c8-2-1-3-13-5(6(9)10)4(7(14)15)11-12-13/h6H,1-3H2,(H,14,15). The van der Waals surface area contributed by atoms with Crippen LogP contribution in [0.1, 0.15) is 29.0 Å². The van der Waals surface area contributed by atoms with Crippen molar-refractivity contribution in [3.8, 4) is 0 Å². The van der Waals surface area contributed by atoms with Gasteiger partial charge < -0.3 is 5.11 Å². The number of aromatic nitrogens is 3. The number of aromatic carboxylic acids is 1. The smallest absolute Gasteiger partial charge is 0.358 e. The van der Waals surface area contributed by atoms with Gasteiger partial charge in [-0.2, -0.15) is 0 Å². The van der Waals surface area contributed by atoms with Crippen molar-refractivity contribution in [1.82, 2.24) is 15.0 Å². The predicted molar refractivity (Wildman–Crippen MR) is 42.5 cm³/mol. The molecule has 0 aliphatic rings. The predicted octanol–water partition coefficient (Wildman–Crippen LogP) is 1.27. The Hall–Kier alpha value is -1.60. The summed E-state index contributed by atoms with van der Waals surface area (Å²) in [7, 11) is 0. The monoisotopic (exact) mass is 223 g/mol. The lowest BCUT2D eigenvalue weighted by Crippen LogP contribution is -2.09. The van der Waals surface area contributed by atoms with E-state index in [4.69, 9.17) is 5.11 Å². The fourth-order valence-electron chi connectivity index (χ4n) is 1.06. The van der Waals surface area contributed by atoms with Crippen LogP contribution < -0.4 is 0 Å². The van der Waals surface area contributed by atoms with E-state index in [2.05, 4.69) is 10.3 Å². The average Bonchev–Trinajstić information content (AvgIpc) is 2.58. The third-order valence-electron chi connectivity index (χ3n) is 1.69. The number of carbonyl (C=O) groups is 1. The molecular formula is C7H8F3N3O2. The molecule has 1 aromatic rings. The first-order valence-corrected chi connectivity index (χ1v) is 4.08. The van der Waals surface area contributed by atoms with Crippen molar-refractivity contribution in [3.05, 3.63) is 11.4 Å². The maximum Gasteiger partial charge on any atom is 0.358 e. The van der Waals surface area contributed by atoms with E-state index in [0.29, 0.717) is 4.68 Å². The SMILES string of the molecule is O=C(O)c1nnn(CCCF)c1C(F)F. The summed E-state index contributed by atoms with van der Waals surface area (Å²) in [6, 6.07) is 0. The summed E-state index contributed by atoms with van der Waals surface area (Å²) in [6.07, 6.45) is -3.01. The first kappa shape index (κ1) is 11.5. The third-order valence-corrected chi connectivity index (χ3v) is 1.69. The lowest BCUT2D eigenvalue weighted by Gasteiger charge is -2.03. The van der Waals surface area contributed by atoms with Crippen LogP contribution in [-0.2, 0) is 6.54 Å². The molecule has 0 aromatic carbocycles. The first-order valence-electron chi connectivity index (χ1n) is 4.08. The summed E-state index contributed by atoms with van der Waals surface area (Å²) in [6.45, 7) is -0.804. The minimum absolute atomic E-state index is 0.0118. The van der Waals surface area contributed by atoms with Gasteiger partial charge in [0.05, 0.1) is 6.67 Å². The Balaban J connectivity index is 3.01. The number of alkyl halides is 3. The lowest BCUT2D eigenvalue weighted by molar-refractivity contribution is 0.0675. The van der Waals surface area contributed by atoms with Gasteiger partial charge in [-0.25, -0.2) is 18.3 Å². The number of nitrogens with zero attached hydrogens (tertiary/aromatic N) is 3. The summed E-state index contributed by atoms with van der Waals surface area (Å²) >= 11 is 0. The highest BCUT2D eigenvalue weighted by Gasteiger charge is 2.25. The first-order chi connectivity index (χ1) is 7.07. The van der Waals surface area contributed by atoms with Crippen LogP contribution >= 0.6 is 0 Å². The zero-order chi connectivity index (χ0) is 11.4. The summed E-state index contributed by atoms with van der Waals surface area (Å²) in [5.41, 5.74) is -1.57. The highest BCUT2D eigenvalue weighted by Crippen LogP contribution is 2.21. The van der Waals surface area contributed by atoms with Crippen molar-refractivity contribution in [2.75, 3.05) is 6.67 Å². The molecule has 0 saturated heterocycles. The minimum atomic E-state index is -2.99. The van der Waals surface area contributed by atoms with Crippen LogP contribution in [0.2, 0.25) is 0 Å². The number of hydrogen-bond donors (Lipinski definition) is 1. The van der Waals surface area contributed by atoms with Crippen molar-refractivity contribution in [1.29, 1.82) is 0 Å². The number of rotatable bonds is 5. The second-order valence-electron chi connectivity index (χ2n) is 2.69. The van der Waals surface area contributed by atoms with E-state index in [1.807, 2.05) is 0 Å². The van der Waals surface area contributed by atoms with E-state index in [0.717, 1.165) is 0 Å². The molecule has 0 bridgehead atoms. The number of hydrogen-bond acceptors (Lipinski definition) is 3. The van der Waals surface area contributed by atoms with Gasteiger partial charge in [-0.15, -0.1) is 5.10 Å². The molecule has 0 aliphatic heterocycles. The van der Waals surface area contributed by atoms with Crippen molar-refractivity contribution in [2.45, 2.75) is 19.4 Å². The Labute approximate surface area is 82.5 Å². The van der Waals surface area contributed by atoms with Crippen molar-refractivity contribution < 1.29 is 23.1 Å². The summed E-state index contributed by atoms with van der Waals surface area (Å²) < 4.78 is 37.4. The quantitative estimate of drug-likeness (QED) is 0.816. The lowest BCUT2D eigenvalue weighted by atomic mass is 10.3. The van der Waals surface area contributed by atoms with Crippen molar-refractivity contribution >= 4 is 5.97 Å². The van der Waals surface area contributed by atoms with E-state index in [1.54, 1.807) is 0 Å². The molecule has 1 heterocycles. The molecule has 15 heavy (non-hydrogen) atoms. The fraction of sp³-hybridized carbons (Fsp3) is 0.571. The summed E-state index contributed by atoms with van der Waals surface area (Å²) in [5.74, 6) is -1.57. The molecule has 0 radical (unpaired) electrons. The summed E-state index contributed by atoms with van der Waals surface area (Å²) in [4.78, 5) is 10.5. The molecule has 0 spiro atoms. The zero-order valence-electron chi connectivity index (χ0n) is 7.53. The minimum Gasteiger partial charge on any atom is -0.476 e. The van der Waals surface area contributed by atoms with Gasteiger partial charge in [0.25, 0.3) is 6.43 Å². The van der Waals surface area contributed by atoms with Crippen molar-refractivity contribution in [3.63, 3.8) is 0 Å². The van der Waals surface area contributed by atoms with Crippen molar-refractivity contribution in [2.24, 2.45) is 0 Å². The van der Waals surface area contributed by atoms with Gasteiger partial charge in [0.1, 0.15) is 5.69 Å². The second-order valence-corrected chi connectivity index (χ2v) is 2.69. The Morgan fingerprint density at radius 3 is 2.67 bits per heavy atom. The molecule has 0 unspecified atom stereocenters. The largest absolute Gasteiger partial charge is 0.476 e. The van der Waals surface area contributed by atoms with Crippen LogP contribution in [0.4, 0.5) is 13.2 Å². The Morgan fingerprint density at radius 1 is 1.53 bits per heavy atom. The maximum atomic E-state index is 12.5. The van der Waals surface area contributed by atoms with Gasteiger partial charge >= 0.3 is 5.97 Å². The number of halogens is 3. The van der Waals surface area contributed by atoms with Crippen LogP contribution in [0.15, 0.2) is 0 Å². The Bertz CT molecular complexity index is 353.